The van der Waals surface area contributed by atoms with Gasteiger partial charge in [-0.25, -0.2) is 0 Å². The average Bonchev–Trinajstić information content (AvgIpc) is 2.58. The molecule has 2 rings (SSSR count). The molecule has 5 heteroatoms. The lowest BCUT2D eigenvalue weighted by atomic mass is 10.4. The van der Waals surface area contributed by atoms with E-state index in [0.29, 0.717) is 0 Å². The van der Waals surface area contributed by atoms with Gasteiger partial charge >= 0.3 is 0 Å². The minimum Gasteiger partial charge on any atom is -0.378 e. The van der Waals surface area contributed by atoms with E-state index < -0.39 is 0 Å². The number of hydrogen-bond acceptors (Lipinski definition) is 4. The molecule has 12 heavy (non-hydrogen) atoms. The summed E-state index contributed by atoms with van der Waals surface area (Å²) in [6, 6.07) is 0. The van der Waals surface area contributed by atoms with Gasteiger partial charge in [-0.2, -0.15) is 0 Å². The highest BCUT2D eigenvalue weighted by atomic mass is 35.5. The Morgan fingerprint density at radius 3 is 2.67 bits per heavy atom. The van der Waals surface area contributed by atoms with Crippen LogP contribution in [0.25, 0.3) is 0 Å². The van der Waals surface area contributed by atoms with Crippen molar-refractivity contribution in [2.75, 3.05) is 39.4 Å². The van der Waals surface area contributed by atoms with Crippen LogP contribution in [0.3, 0.4) is 0 Å². The highest BCUT2D eigenvalue weighted by Crippen LogP contribution is 1.99. The SMILES string of the molecule is C1CNC(N2CCOCC2)=N1.Cl. The summed E-state index contributed by atoms with van der Waals surface area (Å²) in [4.78, 5) is 6.58. The van der Waals surface area contributed by atoms with E-state index in [4.69, 9.17) is 4.74 Å². The monoisotopic (exact) mass is 191 g/mol. The maximum Gasteiger partial charge on any atom is 0.194 e. The molecule has 2 aliphatic heterocycles. The van der Waals surface area contributed by atoms with Crippen molar-refractivity contribution in [2.24, 2.45) is 4.99 Å². The van der Waals surface area contributed by atoms with Crippen LogP contribution in [0.1, 0.15) is 0 Å². The van der Waals surface area contributed by atoms with Gasteiger partial charge in [0.25, 0.3) is 0 Å². The van der Waals surface area contributed by atoms with E-state index in [1.165, 1.54) is 0 Å². The number of rotatable bonds is 0. The molecule has 0 spiro atoms. The Kier molecular flexibility index (Phi) is 3.62. The molecule has 0 bridgehead atoms. The van der Waals surface area contributed by atoms with Crippen LogP contribution in [0.4, 0.5) is 0 Å². The summed E-state index contributed by atoms with van der Waals surface area (Å²) in [6.45, 7) is 5.54. The zero-order chi connectivity index (χ0) is 7.52. The molecule has 0 atom stereocenters. The van der Waals surface area contributed by atoms with Crippen LogP contribution in [0.2, 0.25) is 0 Å². The largest absolute Gasteiger partial charge is 0.378 e. The molecule has 70 valence electrons. The summed E-state index contributed by atoms with van der Waals surface area (Å²) in [5.41, 5.74) is 0. The first-order valence-corrected chi connectivity index (χ1v) is 4.08. The van der Waals surface area contributed by atoms with Crippen molar-refractivity contribution < 1.29 is 4.74 Å². The molecule has 0 aliphatic carbocycles. The Morgan fingerprint density at radius 1 is 1.33 bits per heavy atom. The Balaban J connectivity index is 0.000000720. The molecule has 0 radical (unpaired) electrons. The summed E-state index contributed by atoms with van der Waals surface area (Å²) in [6.07, 6.45) is 0. The van der Waals surface area contributed by atoms with E-state index in [9.17, 15) is 0 Å². The molecule has 1 fully saturated rings. The van der Waals surface area contributed by atoms with Gasteiger partial charge in [0, 0.05) is 19.6 Å². The van der Waals surface area contributed by atoms with Gasteiger partial charge in [0.2, 0.25) is 0 Å². The van der Waals surface area contributed by atoms with Crippen molar-refractivity contribution in [3.05, 3.63) is 0 Å². The van der Waals surface area contributed by atoms with Gasteiger partial charge in [0.05, 0.1) is 19.8 Å². The summed E-state index contributed by atoms with van der Waals surface area (Å²) in [5.74, 6) is 1.06. The van der Waals surface area contributed by atoms with Crippen molar-refractivity contribution in [3.63, 3.8) is 0 Å². The molecular formula is C7H14ClN3O. The number of halogens is 1. The second-order valence-corrected chi connectivity index (χ2v) is 2.73. The molecule has 2 aliphatic rings. The lowest BCUT2D eigenvalue weighted by Crippen LogP contribution is -2.45. The smallest absolute Gasteiger partial charge is 0.194 e. The van der Waals surface area contributed by atoms with Crippen molar-refractivity contribution >= 4 is 18.4 Å². The Labute approximate surface area is 78.4 Å². The van der Waals surface area contributed by atoms with E-state index in [1.54, 1.807) is 0 Å². The summed E-state index contributed by atoms with van der Waals surface area (Å²) in [5, 5.41) is 3.25. The van der Waals surface area contributed by atoms with Gasteiger partial charge in [-0.1, -0.05) is 0 Å². The predicted octanol–water partition coefficient (Wildman–Crippen LogP) is -0.300. The third-order valence-corrected chi connectivity index (χ3v) is 1.97. The molecule has 0 aromatic carbocycles. The van der Waals surface area contributed by atoms with Crippen LogP contribution in [-0.2, 0) is 4.74 Å². The Bertz CT molecular complexity index is 168. The third-order valence-electron chi connectivity index (χ3n) is 1.97. The van der Waals surface area contributed by atoms with Gasteiger partial charge in [-0.15, -0.1) is 12.4 Å². The first-order valence-electron chi connectivity index (χ1n) is 4.08. The Morgan fingerprint density at radius 2 is 2.08 bits per heavy atom. The van der Waals surface area contributed by atoms with Crippen LogP contribution in [-0.4, -0.2) is 50.3 Å². The number of hydrogen-bond donors (Lipinski definition) is 1. The van der Waals surface area contributed by atoms with Crippen LogP contribution in [0.15, 0.2) is 4.99 Å². The molecule has 1 saturated heterocycles. The predicted molar refractivity (Wildman–Crippen MR) is 49.9 cm³/mol. The van der Waals surface area contributed by atoms with Crippen LogP contribution in [0.5, 0.6) is 0 Å². The summed E-state index contributed by atoms with van der Waals surface area (Å²) < 4.78 is 5.23. The second-order valence-electron chi connectivity index (χ2n) is 2.73. The normalized spacial score (nSPS) is 22.7. The van der Waals surface area contributed by atoms with Gasteiger partial charge in [0.15, 0.2) is 5.96 Å². The summed E-state index contributed by atoms with van der Waals surface area (Å²) >= 11 is 0. The van der Waals surface area contributed by atoms with Crippen LogP contribution in [0, 0.1) is 0 Å². The summed E-state index contributed by atoms with van der Waals surface area (Å²) in [7, 11) is 0. The molecule has 1 N–H and O–H groups in total. The van der Waals surface area contributed by atoms with Gasteiger partial charge in [-0.05, 0) is 0 Å². The third kappa shape index (κ3) is 2.01. The maximum atomic E-state index is 5.23. The van der Waals surface area contributed by atoms with E-state index in [2.05, 4.69) is 15.2 Å². The number of ether oxygens (including phenoxy) is 1. The fraction of sp³-hybridized carbons (Fsp3) is 0.857. The molecule has 0 aromatic rings. The van der Waals surface area contributed by atoms with E-state index in [1.807, 2.05) is 0 Å². The molecule has 0 saturated carbocycles. The van der Waals surface area contributed by atoms with Crippen molar-refractivity contribution in [1.82, 2.24) is 10.2 Å². The lowest BCUT2D eigenvalue weighted by Gasteiger charge is -2.28. The van der Waals surface area contributed by atoms with Gasteiger partial charge in [0.1, 0.15) is 0 Å². The van der Waals surface area contributed by atoms with Crippen molar-refractivity contribution in [2.45, 2.75) is 0 Å². The number of morpholine rings is 1. The zero-order valence-electron chi connectivity index (χ0n) is 6.95. The standard InChI is InChI=1S/C7H13N3O.ClH/c1-2-9-7(8-1)10-3-5-11-6-4-10;/h1-6H2,(H,8,9);1H. The fourth-order valence-electron chi connectivity index (χ4n) is 1.37. The highest BCUT2D eigenvalue weighted by Gasteiger charge is 2.16. The average molecular weight is 192 g/mol. The maximum absolute atomic E-state index is 5.23. The number of guanidine groups is 1. The minimum atomic E-state index is 0. The van der Waals surface area contributed by atoms with Gasteiger partial charge < -0.3 is 15.0 Å². The zero-order valence-corrected chi connectivity index (χ0v) is 7.77. The van der Waals surface area contributed by atoms with E-state index >= 15 is 0 Å². The molecule has 0 aromatic heterocycles. The van der Waals surface area contributed by atoms with Crippen molar-refractivity contribution in [3.8, 4) is 0 Å². The van der Waals surface area contributed by atoms with Crippen molar-refractivity contribution in [1.29, 1.82) is 0 Å². The van der Waals surface area contributed by atoms with Gasteiger partial charge in [-0.3, -0.25) is 4.99 Å². The Hall–Kier alpha value is -0.480. The quantitative estimate of drug-likeness (QED) is 0.571. The van der Waals surface area contributed by atoms with E-state index in [0.717, 1.165) is 45.4 Å². The van der Waals surface area contributed by atoms with Crippen LogP contribution >= 0.6 is 12.4 Å². The first-order chi connectivity index (χ1) is 5.47. The number of nitrogens with one attached hydrogen (secondary N) is 1. The topological polar surface area (TPSA) is 36.9 Å². The second kappa shape index (κ2) is 4.52. The molecule has 0 amide bonds. The number of aliphatic imine (C=N–C) groups is 1. The van der Waals surface area contributed by atoms with Crippen LogP contribution < -0.4 is 5.32 Å². The fourth-order valence-corrected chi connectivity index (χ4v) is 1.37. The highest BCUT2D eigenvalue weighted by molar-refractivity contribution is 5.85. The minimum absolute atomic E-state index is 0. The van der Waals surface area contributed by atoms with E-state index in [-0.39, 0.29) is 12.4 Å². The number of nitrogens with zero attached hydrogens (tertiary/aromatic N) is 2. The molecule has 2 heterocycles. The lowest BCUT2D eigenvalue weighted by molar-refractivity contribution is 0.0669. The molecule has 4 nitrogen and oxygen atoms in total. The first kappa shape index (κ1) is 9.61. The molecular weight excluding hydrogens is 178 g/mol. The molecule has 0 unspecified atom stereocenters.